The van der Waals surface area contributed by atoms with Crippen molar-refractivity contribution < 1.29 is 23.8 Å². The summed E-state index contributed by atoms with van der Waals surface area (Å²) >= 11 is 1.31. The van der Waals surface area contributed by atoms with Crippen LogP contribution in [0.1, 0.15) is 46.6 Å². The maximum absolute atomic E-state index is 12.2. The van der Waals surface area contributed by atoms with Crippen LogP contribution in [0.3, 0.4) is 0 Å². The van der Waals surface area contributed by atoms with Gasteiger partial charge in [0.2, 0.25) is 0 Å². The first-order chi connectivity index (χ1) is 14.6. The van der Waals surface area contributed by atoms with Crippen LogP contribution in [-0.2, 0) is 20.7 Å². The number of carbonyl (C=O) groups excluding carboxylic acids is 2. The molecule has 31 heavy (non-hydrogen) atoms. The molecule has 2 rings (SSSR count). The summed E-state index contributed by atoms with van der Waals surface area (Å²) in [5.41, 5.74) is 1.79. The minimum atomic E-state index is -0.587. The molecule has 0 aliphatic carbocycles. The van der Waals surface area contributed by atoms with E-state index in [1.165, 1.54) is 11.3 Å². The number of Topliss-reactive ketones (excluding diaryl/α,β-unsaturated/α-hetero) is 1. The van der Waals surface area contributed by atoms with Gasteiger partial charge in [-0.1, -0.05) is 19.9 Å². The van der Waals surface area contributed by atoms with E-state index in [-0.39, 0.29) is 11.7 Å². The van der Waals surface area contributed by atoms with Crippen LogP contribution < -0.4 is 10.1 Å². The molecule has 1 aromatic heterocycles. The summed E-state index contributed by atoms with van der Waals surface area (Å²) in [6, 6.07) is 5.71. The van der Waals surface area contributed by atoms with E-state index in [1.807, 2.05) is 37.4 Å². The summed E-state index contributed by atoms with van der Waals surface area (Å²) < 4.78 is 16.4. The first-order valence-corrected chi connectivity index (χ1v) is 11.2. The Labute approximate surface area is 188 Å². The number of hydrogen-bond donors (Lipinski definition) is 1. The van der Waals surface area contributed by atoms with E-state index in [4.69, 9.17) is 14.2 Å². The van der Waals surface area contributed by atoms with Crippen molar-refractivity contribution >= 4 is 28.3 Å². The van der Waals surface area contributed by atoms with Crippen LogP contribution >= 0.6 is 11.3 Å². The fourth-order valence-corrected chi connectivity index (χ4v) is 3.34. The zero-order chi connectivity index (χ0) is 23.0. The van der Waals surface area contributed by atoms with E-state index in [0.29, 0.717) is 36.2 Å². The number of benzene rings is 1. The van der Waals surface area contributed by atoms with Gasteiger partial charge in [-0.25, -0.2) is 9.78 Å². The predicted octanol–water partition coefficient (Wildman–Crippen LogP) is 5.34. The van der Waals surface area contributed by atoms with Gasteiger partial charge in [-0.05, 0) is 38.5 Å². The maximum atomic E-state index is 12.2. The Hall–Kier alpha value is -2.45. The molecule has 1 aromatic carbocycles. The van der Waals surface area contributed by atoms with Gasteiger partial charge in [0.1, 0.15) is 17.1 Å². The van der Waals surface area contributed by atoms with Crippen LogP contribution in [0.5, 0.6) is 5.75 Å². The molecule has 170 valence electrons. The minimum Gasteiger partial charge on any atom is -0.493 e. The summed E-state index contributed by atoms with van der Waals surface area (Å²) in [5.74, 6) is 0.806. The van der Waals surface area contributed by atoms with E-state index >= 15 is 0 Å². The molecular formula is C23H32N2O5S. The Balaban J connectivity index is 2.22. The van der Waals surface area contributed by atoms with Gasteiger partial charge in [-0.15, -0.1) is 11.3 Å². The van der Waals surface area contributed by atoms with Gasteiger partial charge in [0.05, 0.1) is 12.3 Å². The van der Waals surface area contributed by atoms with Gasteiger partial charge in [0.25, 0.3) is 0 Å². The zero-order valence-electron chi connectivity index (χ0n) is 19.1. The number of ether oxygens (including phenoxy) is 3. The molecule has 0 radical (unpaired) electrons. The van der Waals surface area contributed by atoms with E-state index < -0.39 is 11.7 Å². The molecule has 0 fully saturated rings. The van der Waals surface area contributed by atoms with Gasteiger partial charge < -0.3 is 14.2 Å². The standard InChI is InChI=1S/C23H32N2O5S/c1-15(2)19(26)12-16-8-9-17(20(13-16)29-11-7-10-28-6)18-14-31-21(24-18)25-22(27)30-23(3,4)5/h8-9,13-15H,7,10-12H2,1-6H3,(H,24,25,27). The number of nitrogens with zero attached hydrogens (tertiary/aromatic N) is 1. The molecule has 0 unspecified atom stereocenters. The maximum Gasteiger partial charge on any atom is 0.413 e. The predicted molar refractivity (Wildman–Crippen MR) is 123 cm³/mol. The van der Waals surface area contributed by atoms with Crippen molar-refractivity contribution in [3.8, 4) is 17.0 Å². The van der Waals surface area contributed by atoms with Gasteiger partial charge in [0, 0.05) is 43.4 Å². The van der Waals surface area contributed by atoms with Crippen LogP contribution in [0.4, 0.5) is 9.93 Å². The van der Waals surface area contributed by atoms with Gasteiger partial charge in [-0.3, -0.25) is 10.1 Å². The first kappa shape index (κ1) is 24.8. The number of anilines is 1. The second-order valence-corrected chi connectivity index (χ2v) is 9.35. The molecule has 1 heterocycles. The summed E-state index contributed by atoms with van der Waals surface area (Å²) in [6.07, 6.45) is 0.551. The first-order valence-electron chi connectivity index (χ1n) is 10.3. The highest BCUT2D eigenvalue weighted by Gasteiger charge is 2.19. The number of nitrogens with one attached hydrogen (secondary N) is 1. The van der Waals surface area contributed by atoms with Crippen molar-refractivity contribution in [2.45, 2.75) is 53.1 Å². The summed E-state index contributed by atoms with van der Waals surface area (Å²) in [4.78, 5) is 28.7. The average Bonchev–Trinajstić information content (AvgIpc) is 3.11. The minimum absolute atomic E-state index is 0.0224. The highest BCUT2D eigenvalue weighted by molar-refractivity contribution is 7.14. The molecule has 0 saturated carbocycles. The van der Waals surface area contributed by atoms with Crippen LogP contribution in [0, 0.1) is 5.92 Å². The molecule has 8 heteroatoms. The fourth-order valence-electron chi connectivity index (χ4n) is 2.64. The largest absolute Gasteiger partial charge is 0.493 e. The number of amides is 1. The smallest absolute Gasteiger partial charge is 0.413 e. The quantitative estimate of drug-likeness (QED) is 0.494. The van der Waals surface area contributed by atoms with Crippen molar-refractivity contribution in [1.82, 2.24) is 4.98 Å². The Kier molecular flexibility index (Phi) is 9.00. The van der Waals surface area contributed by atoms with Crippen molar-refractivity contribution in [2.75, 3.05) is 25.6 Å². The number of methoxy groups -OCH3 is 1. The molecule has 0 atom stereocenters. The lowest BCUT2D eigenvalue weighted by Crippen LogP contribution is -2.27. The Morgan fingerprint density at radius 3 is 2.58 bits per heavy atom. The number of hydrogen-bond acceptors (Lipinski definition) is 7. The van der Waals surface area contributed by atoms with Gasteiger partial charge in [0.15, 0.2) is 5.13 Å². The van der Waals surface area contributed by atoms with Crippen LogP contribution in [-0.4, -0.2) is 42.8 Å². The number of aromatic nitrogens is 1. The molecule has 1 amide bonds. The number of carbonyl (C=O) groups is 2. The fraction of sp³-hybridized carbons (Fsp3) is 0.522. The van der Waals surface area contributed by atoms with Gasteiger partial charge >= 0.3 is 6.09 Å². The SMILES string of the molecule is COCCCOc1cc(CC(=O)C(C)C)ccc1-c1csc(NC(=O)OC(C)(C)C)n1. The normalized spacial score (nSPS) is 11.5. The highest BCUT2D eigenvalue weighted by atomic mass is 32.1. The van der Waals surface area contributed by atoms with E-state index in [1.54, 1.807) is 27.9 Å². The third kappa shape index (κ3) is 8.30. The van der Waals surface area contributed by atoms with Crippen LogP contribution in [0.25, 0.3) is 11.3 Å². The Morgan fingerprint density at radius 1 is 1.19 bits per heavy atom. The molecule has 0 aliphatic heterocycles. The van der Waals surface area contributed by atoms with Crippen molar-refractivity contribution in [2.24, 2.45) is 5.92 Å². The third-order valence-electron chi connectivity index (χ3n) is 4.21. The van der Waals surface area contributed by atoms with E-state index in [0.717, 1.165) is 17.5 Å². The topological polar surface area (TPSA) is 86.8 Å². The molecule has 0 saturated heterocycles. The number of thiazole rings is 1. The second kappa shape index (κ2) is 11.2. The number of rotatable bonds is 10. The van der Waals surface area contributed by atoms with E-state index in [2.05, 4.69) is 10.3 Å². The van der Waals surface area contributed by atoms with Crippen molar-refractivity contribution in [1.29, 1.82) is 0 Å². The lowest BCUT2D eigenvalue weighted by atomic mass is 9.99. The van der Waals surface area contributed by atoms with Crippen LogP contribution in [0.15, 0.2) is 23.6 Å². The summed E-state index contributed by atoms with van der Waals surface area (Å²) in [5, 5.41) is 4.95. The third-order valence-corrected chi connectivity index (χ3v) is 4.96. The van der Waals surface area contributed by atoms with Crippen molar-refractivity contribution in [3.05, 3.63) is 29.1 Å². The lowest BCUT2D eigenvalue weighted by Gasteiger charge is -2.18. The molecule has 0 aliphatic rings. The Bertz CT molecular complexity index is 886. The molecule has 7 nitrogen and oxygen atoms in total. The second-order valence-electron chi connectivity index (χ2n) is 8.49. The monoisotopic (exact) mass is 448 g/mol. The van der Waals surface area contributed by atoms with Crippen molar-refractivity contribution in [3.63, 3.8) is 0 Å². The van der Waals surface area contributed by atoms with Gasteiger partial charge in [-0.2, -0.15) is 0 Å². The van der Waals surface area contributed by atoms with Crippen LogP contribution in [0.2, 0.25) is 0 Å². The molecular weight excluding hydrogens is 416 g/mol. The number of ketones is 1. The lowest BCUT2D eigenvalue weighted by molar-refractivity contribution is -0.121. The molecule has 0 spiro atoms. The van der Waals surface area contributed by atoms with E-state index in [9.17, 15) is 9.59 Å². The molecule has 2 aromatic rings. The molecule has 1 N–H and O–H groups in total. The zero-order valence-corrected chi connectivity index (χ0v) is 19.9. The molecule has 0 bridgehead atoms. The Morgan fingerprint density at radius 2 is 1.94 bits per heavy atom. The average molecular weight is 449 g/mol. The summed E-state index contributed by atoms with van der Waals surface area (Å²) in [7, 11) is 1.65. The highest BCUT2D eigenvalue weighted by Crippen LogP contribution is 2.34. The summed E-state index contributed by atoms with van der Waals surface area (Å²) in [6.45, 7) is 10.3.